The van der Waals surface area contributed by atoms with Crippen LogP contribution in [0.25, 0.3) is 12.2 Å². The molecule has 26 heavy (non-hydrogen) atoms. The Kier molecular flexibility index (Phi) is 6.34. The first-order valence-electron chi connectivity index (χ1n) is 8.39. The topological polar surface area (TPSA) is 70.3 Å². The molecule has 2 heterocycles. The highest BCUT2D eigenvalue weighted by Crippen LogP contribution is 2.14. The van der Waals surface area contributed by atoms with Crippen molar-refractivity contribution in [3.8, 4) is 11.5 Å². The van der Waals surface area contributed by atoms with E-state index in [9.17, 15) is 0 Å². The Bertz CT molecular complexity index is 823. The van der Waals surface area contributed by atoms with Gasteiger partial charge in [0.2, 0.25) is 0 Å². The maximum absolute atomic E-state index is 6.05. The molecule has 1 atom stereocenters. The Balaban J connectivity index is 1.49. The smallest absolute Gasteiger partial charge is 0.138 e. The van der Waals surface area contributed by atoms with Gasteiger partial charge in [-0.15, -0.1) is 0 Å². The third kappa shape index (κ3) is 5.72. The van der Waals surface area contributed by atoms with Gasteiger partial charge in [0.15, 0.2) is 0 Å². The summed E-state index contributed by atoms with van der Waals surface area (Å²) in [6, 6.07) is 15.2. The van der Waals surface area contributed by atoms with E-state index in [0.29, 0.717) is 19.0 Å². The van der Waals surface area contributed by atoms with Gasteiger partial charge in [0.25, 0.3) is 0 Å². The maximum atomic E-state index is 6.05. The van der Waals surface area contributed by atoms with Crippen LogP contribution in [0.15, 0.2) is 73.3 Å². The van der Waals surface area contributed by atoms with Crippen molar-refractivity contribution < 1.29 is 9.47 Å². The zero-order chi connectivity index (χ0) is 18.0. The summed E-state index contributed by atoms with van der Waals surface area (Å²) in [5.41, 5.74) is 8.08. The molecule has 0 fully saturated rings. The third-order valence-electron chi connectivity index (χ3n) is 3.58. The average Bonchev–Trinajstić information content (AvgIpc) is 2.71. The lowest BCUT2D eigenvalue weighted by atomic mass is 10.2. The quantitative estimate of drug-likeness (QED) is 0.676. The molecule has 132 valence electrons. The van der Waals surface area contributed by atoms with Crippen LogP contribution in [0.4, 0.5) is 0 Å². The minimum atomic E-state index is -0.230. The van der Waals surface area contributed by atoms with Crippen molar-refractivity contribution in [1.82, 2.24) is 9.97 Å². The van der Waals surface area contributed by atoms with Gasteiger partial charge in [0.05, 0.1) is 12.2 Å². The Morgan fingerprint density at radius 3 is 2.27 bits per heavy atom. The molecule has 0 unspecified atom stereocenters. The number of benzene rings is 1. The normalized spacial score (nSPS) is 12.0. The lowest BCUT2D eigenvalue weighted by molar-refractivity contribution is 0.220. The summed E-state index contributed by atoms with van der Waals surface area (Å²) in [7, 11) is 0. The molecular formula is C21H21N3O2. The molecule has 0 bridgehead atoms. The minimum Gasteiger partial charge on any atom is -0.492 e. The van der Waals surface area contributed by atoms with Crippen LogP contribution in [0.5, 0.6) is 11.5 Å². The van der Waals surface area contributed by atoms with Crippen LogP contribution in [0.3, 0.4) is 0 Å². The minimum absolute atomic E-state index is 0.230. The van der Waals surface area contributed by atoms with Crippen LogP contribution in [0, 0.1) is 0 Å². The molecule has 3 aromatic rings. The van der Waals surface area contributed by atoms with Crippen LogP contribution in [0.1, 0.15) is 11.1 Å². The van der Waals surface area contributed by atoms with E-state index in [-0.39, 0.29) is 6.04 Å². The first-order valence-corrected chi connectivity index (χ1v) is 8.39. The molecule has 0 aliphatic rings. The van der Waals surface area contributed by atoms with Crippen molar-refractivity contribution in [3.63, 3.8) is 0 Å². The molecule has 3 rings (SSSR count). The standard InChI is InChI=1S/C21H21N3O2/c22-19(15-25-20-4-2-1-3-5-20)16-26-21-12-18(13-24-14-21)7-6-17-8-10-23-11-9-17/h1-14,19H,15-16,22H2/b7-6+/t19-/m0/s1. The number of hydrogen-bond donors (Lipinski definition) is 1. The molecule has 0 amide bonds. The average molecular weight is 347 g/mol. The van der Waals surface area contributed by atoms with E-state index in [2.05, 4.69) is 9.97 Å². The van der Waals surface area contributed by atoms with E-state index >= 15 is 0 Å². The van der Waals surface area contributed by atoms with Crippen molar-refractivity contribution in [3.05, 3.63) is 84.4 Å². The zero-order valence-corrected chi connectivity index (χ0v) is 14.4. The van der Waals surface area contributed by atoms with Crippen LogP contribution in [-0.2, 0) is 0 Å². The molecule has 1 aromatic carbocycles. The van der Waals surface area contributed by atoms with Crippen LogP contribution in [-0.4, -0.2) is 29.2 Å². The van der Waals surface area contributed by atoms with E-state index in [1.165, 1.54) is 0 Å². The van der Waals surface area contributed by atoms with Gasteiger partial charge in [-0.2, -0.15) is 0 Å². The number of aromatic nitrogens is 2. The second-order valence-corrected chi connectivity index (χ2v) is 5.76. The number of hydrogen-bond acceptors (Lipinski definition) is 5. The highest BCUT2D eigenvalue weighted by atomic mass is 16.5. The Hall–Kier alpha value is -3.18. The molecule has 0 aliphatic carbocycles. The second kappa shape index (κ2) is 9.34. The predicted molar refractivity (Wildman–Crippen MR) is 103 cm³/mol. The Morgan fingerprint density at radius 1 is 0.808 bits per heavy atom. The summed E-state index contributed by atoms with van der Waals surface area (Å²) in [6.45, 7) is 0.741. The van der Waals surface area contributed by atoms with Gasteiger partial charge in [-0.25, -0.2) is 0 Å². The first-order chi connectivity index (χ1) is 12.8. The van der Waals surface area contributed by atoms with Gasteiger partial charge in [0.1, 0.15) is 24.7 Å². The highest BCUT2D eigenvalue weighted by Gasteiger charge is 2.05. The van der Waals surface area contributed by atoms with Gasteiger partial charge in [-0.1, -0.05) is 30.4 Å². The summed E-state index contributed by atoms with van der Waals surface area (Å²) in [6.07, 6.45) is 11.0. The number of rotatable bonds is 8. The predicted octanol–water partition coefficient (Wildman–Crippen LogP) is 3.43. The largest absolute Gasteiger partial charge is 0.492 e. The monoisotopic (exact) mass is 347 g/mol. The number of pyridine rings is 2. The molecule has 0 saturated heterocycles. The summed E-state index contributed by atoms with van der Waals surface area (Å²) in [5, 5.41) is 0. The summed E-state index contributed by atoms with van der Waals surface area (Å²) in [5.74, 6) is 1.48. The number of nitrogens with two attached hydrogens (primary N) is 1. The molecule has 0 spiro atoms. The summed E-state index contributed by atoms with van der Waals surface area (Å²) in [4.78, 5) is 8.21. The number of para-hydroxylation sites is 1. The van der Waals surface area contributed by atoms with E-state index in [1.807, 2.05) is 60.7 Å². The van der Waals surface area contributed by atoms with Crippen molar-refractivity contribution >= 4 is 12.2 Å². The van der Waals surface area contributed by atoms with E-state index in [4.69, 9.17) is 15.2 Å². The van der Waals surface area contributed by atoms with Gasteiger partial charge in [-0.3, -0.25) is 9.97 Å². The van der Waals surface area contributed by atoms with Crippen LogP contribution >= 0.6 is 0 Å². The zero-order valence-electron chi connectivity index (χ0n) is 14.4. The Labute approximate surface area is 153 Å². The molecule has 2 aromatic heterocycles. The molecule has 0 radical (unpaired) electrons. The van der Waals surface area contributed by atoms with E-state index < -0.39 is 0 Å². The van der Waals surface area contributed by atoms with E-state index in [1.54, 1.807) is 24.8 Å². The van der Waals surface area contributed by atoms with Crippen LogP contribution < -0.4 is 15.2 Å². The van der Waals surface area contributed by atoms with Crippen LogP contribution in [0.2, 0.25) is 0 Å². The van der Waals surface area contributed by atoms with Gasteiger partial charge in [-0.05, 0) is 41.5 Å². The van der Waals surface area contributed by atoms with Gasteiger partial charge in [0, 0.05) is 18.6 Å². The lowest BCUT2D eigenvalue weighted by Gasteiger charge is -2.14. The lowest BCUT2D eigenvalue weighted by Crippen LogP contribution is -2.34. The molecule has 0 aliphatic heterocycles. The SMILES string of the molecule is N[C@@H](COc1ccccc1)COc1cncc(/C=C/c2ccncc2)c1. The molecule has 5 heteroatoms. The Morgan fingerprint density at radius 2 is 1.50 bits per heavy atom. The molecular weight excluding hydrogens is 326 g/mol. The molecule has 2 N–H and O–H groups in total. The van der Waals surface area contributed by atoms with E-state index in [0.717, 1.165) is 16.9 Å². The van der Waals surface area contributed by atoms with Gasteiger partial charge >= 0.3 is 0 Å². The van der Waals surface area contributed by atoms with Crippen molar-refractivity contribution in [2.75, 3.05) is 13.2 Å². The fraction of sp³-hybridized carbons (Fsp3) is 0.143. The summed E-state index contributed by atoms with van der Waals surface area (Å²) < 4.78 is 11.4. The first kappa shape index (κ1) is 17.6. The van der Waals surface area contributed by atoms with Crippen molar-refractivity contribution in [1.29, 1.82) is 0 Å². The second-order valence-electron chi connectivity index (χ2n) is 5.76. The fourth-order valence-electron chi connectivity index (χ4n) is 2.24. The molecule has 5 nitrogen and oxygen atoms in total. The van der Waals surface area contributed by atoms with Gasteiger partial charge < -0.3 is 15.2 Å². The van der Waals surface area contributed by atoms with Crippen molar-refractivity contribution in [2.45, 2.75) is 6.04 Å². The number of ether oxygens (including phenoxy) is 2. The maximum Gasteiger partial charge on any atom is 0.138 e. The third-order valence-corrected chi connectivity index (χ3v) is 3.58. The highest BCUT2D eigenvalue weighted by molar-refractivity contribution is 5.69. The summed E-state index contributed by atoms with van der Waals surface area (Å²) >= 11 is 0. The fourth-order valence-corrected chi connectivity index (χ4v) is 2.24. The van der Waals surface area contributed by atoms with Crippen molar-refractivity contribution in [2.24, 2.45) is 5.73 Å². The molecule has 0 saturated carbocycles. The number of nitrogens with zero attached hydrogens (tertiary/aromatic N) is 2.